The predicted molar refractivity (Wildman–Crippen MR) is 66.3 cm³/mol. The molecule has 1 aromatic carbocycles. The van der Waals surface area contributed by atoms with Crippen LogP contribution in [0.5, 0.6) is 0 Å². The van der Waals surface area contributed by atoms with Crippen LogP contribution >= 0.6 is 0 Å². The molecule has 2 N–H and O–H groups in total. The van der Waals surface area contributed by atoms with Crippen LogP contribution in [-0.4, -0.2) is 16.1 Å². The maximum Gasteiger partial charge on any atom is 0.389 e. The van der Waals surface area contributed by atoms with Crippen molar-refractivity contribution in [3.63, 3.8) is 0 Å². The summed E-state index contributed by atoms with van der Waals surface area (Å²) in [7, 11) is 0. The second kappa shape index (κ2) is 5.26. The summed E-state index contributed by atoms with van der Waals surface area (Å²) in [5, 5.41) is 0. The minimum absolute atomic E-state index is 0.108. The summed E-state index contributed by atoms with van der Waals surface area (Å²) in [6, 6.07) is 10.7. The molecule has 0 aliphatic heterocycles. The molecule has 0 spiro atoms. The molecule has 1 aromatic heterocycles. The Balaban J connectivity index is 2.25. The Labute approximate surface area is 108 Å². The van der Waals surface area contributed by atoms with Crippen molar-refractivity contribution in [2.75, 3.05) is 5.73 Å². The zero-order valence-corrected chi connectivity index (χ0v) is 9.98. The fraction of sp³-hybridized carbons (Fsp3) is 0.231. The van der Waals surface area contributed by atoms with E-state index in [1.165, 1.54) is 0 Å². The molecule has 100 valence electrons. The molecule has 6 heteroatoms. The van der Waals surface area contributed by atoms with Gasteiger partial charge in [0, 0.05) is 18.1 Å². The van der Waals surface area contributed by atoms with Crippen LogP contribution in [0.1, 0.15) is 12.2 Å². The molecule has 0 bridgehead atoms. The van der Waals surface area contributed by atoms with Gasteiger partial charge in [-0.25, -0.2) is 9.97 Å². The number of anilines is 1. The first-order chi connectivity index (χ1) is 8.94. The van der Waals surface area contributed by atoms with E-state index < -0.39 is 12.6 Å². The molecule has 0 amide bonds. The number of nitrogens with zero attached hydrogens (tertiary/aromatic N) is 2. The molecule has 0 saturated heterocycles. The van der Waals surface area contributed by atoms with E-state index in [1.807, 2.05) is 30.3 Å². The molecule has 2 rings (SSSR count). The summed E-state index contributed by atoms with van der Waals surface area (Å²) in [5.41, 5.74) is 6.93. The SMILES string of the molecule is Nc1cc(-c2ccccc2)nc(CCC(F)(F)F)n1. The molecule has 2 aromatic rings. The maximum atomic E-state index is 12.2. The smallest absolute Gasteiger partial charge is 0.384 e. The van der Waals surface area contributed by atoms with Crippen LogP contribution in [0.25, 0.3) is 11.3 Å². The summed E-state index contributed by atoms with van der Waals surface area (Å²) < 4.78 is 36.5. The number of nitrogen functional groups attached to an aromatic ring is 1. The highest BCUT2D eigenvalue weighted by Gasteiger charge is 2.27. The molecule has 0 aliphatic carbocycles. The Hall–Kier alpha value is -2.11. The lowest BCUT2D eigenvalue weighted by molar-refractivity contribution is -0.134. The van der Waals surface area contributed by atoms with Gasteiger partial charge in [0.15, 0.2) is 0 Å². The highest BCUT2D eigenvalue weighted by atomic mass is 19.4. The largest absolute Gasteiger partial charge is 0.389 e. The first-order valence-electron chi connectivity index (χ1n) is 5.70. The van der Waals surface area contributed by atoms with Gasteiger partial charge in [0.25, 0.3) is 0 Å². The van der Waals surface area contributed by atoms with E-state index in [0.29, 0.717) is 5.69 Å². The number of rotatable bonds is 3. The maximum absolute atomic E-state index is 12.2. The third-order valence-corrected chi connectivity index (χ3v) is 2.49. The van der Waals surface area contributed by atoms with Crippen molar-refractivity contribution in [1.82, 2.24) is 9.97 Å². The average molecular weight is 267 g/mol. The number of alkyl halides is 3. The number of hydrogen-bond acceptors (Lipinski definition) is 3. The number of benzene rings is 1. The summed E-state index contributed by atoms with van der Waals surface area (Å²) in [4.78, 5) is 7.94. The zero-order valence-electron chi connectivity index (χ0n) is 9.98. The zero-order chi connectivity index (χ0) is 13.9. The Morgan fingerprint density at radius 1 is 1.05 bits per heavy atom. The number of nitrogens with two attached hydrogens (primary N) is 1. The molecule has 3 nitrogen and oxygen atoms in total. The van der Waals surface area contributed by atoms with Gasteiger partial charge >= 0.3 is 6.18 Å². The van der Waals surface area contributed by atoms with Crippen molar-refractivity contribution in [3.8, 4) is 11.3 Å². The Bertz CT molecular complexity index is 553. The van der Waals surface area contributed by atoms with Crippen LogP contribution in [0.15, 0.2) is 36.4 Å². The van der Waals surface area contributed by atoms with E-state index in [4.69, 9.17) is 5.73 Å². The molecule has 0 saturated carbocycles. The normalized spacial score (nSPS) is 11.5. The van der Waals surface area contributed by atoms with Crippen LogP contribution in [0.4, 0.5) is 19.0 Å². The number of halogens is 3. The molecule has 19 heavy (non-hydrogen) atoms. The van der Waals surface area contributed by atoms with Gasteiger partial charge < -0.3 is 5.73 Å². The van der Waals surface area contributed by atoms with Gasteiger partial charge in [-0.3, -0.25) is 0 Å². The molecule has 1 heterocycles. The third kappa shape index (κ3) is 3.94. The lowest BCUT2D eigenvalue weighted by Gasteiger charge is -2.08. The molecule has 0 aliphatic rings. The molecular formula is C13H12F3N3. The highest BCUT2D eigenvalue weighted by molar-refractivity contribution is 5.61. The minimum Gasteiger partial charge on any atom is -0.384 e. The molecule has 0 fully saturated rings. The summed E-state index contributed by atoms with van der Waals surface area (Å²) >= 11 is 0. The van der Waals surface area contributed by atoms with Crippen LogP contribution < -0.4 is 5.73 Å². The highest BCUT2D eigenvalue weighted by Crippen LogP contribution is 2.23. The van der Waals surface area contributed by atoms with Crippen molar-refractivity contribution in [2.45, 2.75) is 19.0 Å². The van der Waals surface area contributed by atoms with Crippen LogP contribution in [0.2, 0.25) is 0 Å². The topological polar surface area (TPSA) is 51.8 Å². The number of aryl methyl sites for hydroxylation is 1. The van der Waals surface area contributed by atoms with Crippen molar-refractivity contribution in [2.24, 2.45) is 0 Å². The van der Waals surface area contributed by atoms with Crippen molar-refractivity contribution in [1.29, 1.82) is 0 Å². The summed E-state index contributed by atoms with van der Waals surface area (Å²) in [5.74, 6) is 0.280. The Kier molecular flexibility index (Phi) is 3.69. The van der Waals surface area contributed by atoms with Crippen molar-refractivity contribution >= 4 is 5.82 Å². The summed E-state index contributed by atoms with van der Waals surface area (Å²) in [6.07, 6.45) is -5.44. The number of aromatic nitrogens is 2. The molecule has 0 atom stereocenters. The fourth-order valence-electron chi connectivity index (χ4n) is 1.64. The average Bonchev–Trinajstić information content (AvgIpc) is 2.36. The first-order valence-corrected chi connectivity index (χ1v) is 5.70. The van der Waals surface area contributed by atoms with Crippen LogP contribution in [0.3, 0.4) is 0 Å². The van der Waals surface area contributed by atoms with Gasteiger partial charge in [0.1, 0.15) is 11.6 Å². The predicted octanol–water partition coefficient (Wildman–Crippen LogP) is 3.22. The van der Waals surface area contributed by atoms with E-state index in [9.17, 15) is 13.2 Å². The molecule has 0 radical (unpaired) electrons. The third-order valence-electron chi connectivity index (χ3n) is 2.49. The van der Waals surface area contributed by atoms with Gasteiger partial charge in [-0.2, -0.15) is 13.2 Å². The van der Waals surface area contributed by atoms with E-state index in [2.05, 4.69) is 9.97 Å². The number of hydrogen-bond donors (Lipinski definition) is 1. The first kappa shape index (κ1) is 13.3. The second-order valence-corrected chi connectivity index (χ2v) is 4.08. The van der Waals surface area contributed by atoms with Crippen molar-refractivity contribution < 1.29 is 13.2 Å². The van der Waals surface area contributed by atoms with Gasteiger partial charge in [0.2, 0.25) is 0 Å². The second-order valence-electron chi connectivity index (χ2n) is 4.08. The quantitative estimate of drug-likeness (QED) is 0.928. The van der Waals surface area contributed by atoms with Gasteiger partial charge in [0.05, 0.1) is 12.1 Å². The van der Waals surface area contributed by atoms with E-state index in [1.54, 1.807) is 6.07 Å². The molecular weight excluding hydrogens is 255 g/mol. The van der Waals surface area contributed by atoms with E-state index >= 15 is 0 Å². The lowest BCUT2D eigenvalue weighted by atomic mass is 10.1. The molecule has 0 unspecified atom stereocenters. The fourth-order valence-corrected chi connectivity index (χ4v) is 1.64. The van der Waals surface area contributed by atoms with Gasteiger partial charge in [-0.15, -0.1) is 0 Å². The van der Waals surface area contributed by atoms with E-state index in [-0.39, 0.29) is 18.1 Å². The van der Waals surface area contributed by atoms with E-state index in [0.717, 1.165) is 5.56 Å². The van der Waals surface area contributed by atoms with Gasteiger partial charge in [-0.05, 0) is 0 Å². The van der Waals surface area contributed by atoms with Crippen LogP contribution in [-0.2, 0) is 6.42 Å². The lowest BCUT2D eigenvalue weighted by Crippen LogP contribution is -2.11. The van der Waals surface area contributed by atoms with Gasteiger partial charge in [-0.1, -0.05) is 30.3 Å². The standard InChI is InChI=1S/C13H12F3N3/c14-13(15,16)7-6-12-18-10(8-11(17)19-12)9-4-2-1-3-5-9/h1-5,8H,6-7H2,(H2,17,18,19). The van der Waals surface area contributed by atoms with Crippen LogP contribution in [0, 0.1) is 0 Å². The van der Waals surface area contributed by atoms with Crippen molar-refractivity contribution in [3.05, 3.63) is 42.2 Å². The Morgan fingerprint density at radius 2 is 1.74 bits per heavy atom. The monoisotopic (exact) mass is 267 g/mol. The minimum atomic E-state index is -4.22. The summed E-state index contributed by atoms with van der Waals surface area (Å²) in [6.45, 7) is 0. The Morgan fingerprint density at radius 3 is 2.37 bits per heavy atom.